The molecular weight excluding hydrogens is 332 g/mol. The van der Waals surface area contributed by atoms with Crippen LogP contribution in [0.15, 0.2) is 29.4 Å². The molecule has 136 valence electrons. The molecule has 0 aliphatic rings. The zero-order valence-electron chi connectivity index (χ0n) is 16.0. The number of hydrogen-bond donors (Lipinski definition) is 1. The lowest BCUT2D eigenvalue weighted by Crippen LogP contribution is -2.31. The number of rotatable bonds is 6. The van der Waals surface area contributed by atoms with Gasteiger partial charge in [0.05, 0.1) is 5.25 Å². The summed E-state index contributed by atoms with van der Waals surface area (Å²) in [6, 6.07) is 8.43. The lowest BCUT2D eigenvalue weighted by Gasteiger charge is -2.19. The molecular formula is C19H28N4OS. The monoisotopic (exact) mass is 360 g/mol. The lowest BCUT2D eigenvalue weighted by molar-refractivity contribution is -0.120. The van der Waals surface area contributed by atoms with Crippen LogP contribution in [0.25, 0.3) is 11.4 Å². The van der Waals surface area contributed by atoms with Crippen LogP contribution in [0.2, 0.25) is 0 Å². The van der Waals surface area contributed by atoms with E-state index in [1.54, 1.807) is 0 Å². The molecule has 0 saturated heterocycles. The van der Waals surface area contributed by atoms with E-state index in [-0.39, 0.29) is 16.6 Å². The maximum absolute atomic E-state index is 12.0. The minimum absolute atomic E-state index is 0.0333. The first kappa shape index (κ1) is 19.5. The molecule has 5 nitrogen and oxygen atoms in total. The van der Waals surface area contributed by atoms with E-state index in [4.69, 9.17) is 0 Å². The zero-order valence-corrected chi connectivity index (χ0v) is 16.8. The highest BCUT2D eigenvalue weighted by Gasteiger charge is 2.19. The van der Waals surface area contributed by atoms with E-state index in [0.29, 0.717) is 6.54 Å². The van der Waals surface area contributed by atoms with Gasteiger partial charge in [-0.05, 0) is 24.3 Å². The molecule has 0 bridgehead atoms. The van der Waals surface area contributed by atoms with Gasteiger partial charge in [-0.3, -0.25) is 4.79 Å². The van der Waals surface area contributed by atoms with Gasteiger partial charge in [-0.2, -0.15) is 0 Å². The standard InChI is InChI=1S/C19H28N4OS/c1-7-12-20-17(24)13(2)25-18-22-21-16(23(18)6)14-8-10-15(11-9-14)19(3,4)5/h8-11,13H,7,12H2,1-6H3,(H,20,24)/t13-/m0/s1. The summed E-state index contributed by atoms with van der Waals surface area (Å²) in [5.41, 5.74) is 2.44. The molecule has 1 atom stereocenters. The topological polar surface area (TPSA) is 59.8 Å². The highest BCUT2D eigenvalue weighted by molar-refractivity contribution is 8.00. The maximum Gasteiger partial charge on any atom is 0.233 e. The Kier molecular flexibility index (Phi) is 6.27. The molecule has 0 radical (unpaired) electrons. The van der Waals surface area contributed by atoms with E-state index in [2.05, 4.69) is 60.6 Å². The Balaban J connectivity index is 2.14. The normalized spacial score (nSPS) is 12.9. The van der Waals surface area contributed by atoms with Crippen molar-refractivity contribution in [2.75, 3.05) is 6.54 Å². The molecule has 0 aliphatic heterocycles. The summed E-state index contributed by atoms with van der Waals surface area (Å²) in [6.07, 6.45) is 0.932. The number of aromatic nitrogens is 3. The molecule has 1 aromatic heterocycles. The molecule has 1 aromatic carbocycles. The van der Waals surface area contributed by atoms with E-state index < -0.39 is 0 Å². The van der Waals surface area contributed by atoms with Crippen molar-refractivity contribution >= 4 is 17.7 Å². The van der Waals surface area contributed by atoms with Crippen LogP contribution < -0.4 is 5.32 Å². The third-order valence-corrected chi connectivity index (χ3v) is 5.18. The highest BCUT2D eigenvalue weighted by Crippen LogP contribution is 2.28. The number of carbonyl (C=O) groups is 1. The first-order chi connectivity index (χ1) is 11.7. The Morgan fingerprint density at radius 1 is 1.24 bits per heavy atom. The fraction of sp³-hybridized carbons (Fsp3) is 0.526. The van der Waals surface area contributed by atoms with Crippen molar-refractivity contribution in [2.24, 2.45) is 7.05 Å². The van der Waals surface area contributed by atoms with Gasteiger partial charge in [0.2, 0.25) is 5.91 Å². The summed E-state index contributed by atoms with van der Waals surface area (Å²) in [4.78, 5) is 12.0. The average Bonchev–Trinajstić information content (AvgIpc) is 2.92. The summed E-state index contributed by atoms with van der Waals surface area (Å²) in [7, 11) is 1.94. The number of carbonyl (C=O) groups excluding carboxylic acids is 1. The molecule has 1 heterocycles. The second-order valence-corrected chi connectivity index (χ2v) is 8.55. The quantitative estimate of drug-likeness (QED) is 0.796. The Morgan fingerprint density at radius 2 is 1.88 bits per heavy atom. The number of nitrogens with one attached hydrogen (secondary N) is 1. The molecule has 1 amide bonds. The van der Waals surface area contributed by atoms with Crippen LogP contribution in [0, 0.1) is 0 Å². The summed E-state index contributed by atoms with van der Waals surface area (Å²) in [5.74, 6) is 0.843. The molecule has 25 heavy (non-hydrogen) atoms. The third kappa shape index (κ3) is 4.84. The van der Waals surface area contributed by atoms with E-state index in [1.165, 1.54) is 17.3 Å². The van der Waals surface area contributed by atoms with Crippen molar-refractivity contribution in [3.63, 3.8) is 0 Å². The Labute approximate surface area is 154 Å². The van der Waals surface area contributed by atoms with E-state index in [1.807, 2.05) is 25.5 Å². The van der Waals surface area contributed by atoms with Gasteiger partial charge in [0.1, 0.15) is 0 Å². The largest absolute Gasteiger partial charge is 0.355 e. The van der Waals surface area contributed by atoms with Crippen molar-refractivity contribution in [3.05, 3.63) is 29.8 Å². The summed E-state index contributed by atoms with van der Waals surface area (Å²) >= 11 is 1.43. The van der Waals surface area contributed by atoms with Crippen molar-refractivity contribution in [1.82, 2.24) is 20.1 Å². The van der Waals surface area contributed by atoms with E-state index in [9.17, 15) is 4.79 Å². The van der Waals surface area contributed by atoms with E-state index >= 15 is 0 Å². The van der Waals surface area contributed by atoms with Crippen molar-refractivity contribution in [3.8, 4) is 11.4 Å². The first-order valence-electron chi connectivity index (χ1n) is 8.68. The molecule has 0 unspecified atom stereocenters. The van der Waals surface area contributed by atoms with Gasteiger partial charge >= 0.3 is 0 Å². The third-order valence-electron chi connectivity index (χ3n) is 4.04. The first-order valence-corrected chi connectivity index (χ1v) is 9.56. The minimum atomic E-state index is -0.203. The lowest BCUT2D eigenvalue weighted by atomic mass is 9.87. The molecule has 0 fully saturated rings. The van der Waals surface area contributed by atoms with Crippen LogP contribution in [0.1, 0.15) is 46.6 Å². The fourth-order valence-electron chi connectivity index (χ4n) is 2.39. The van der Waals surface area contributed by atoms with Crippen LogP contribution >= 0.6 is 11.8 Å². The van der Waals surface area contributed by atoms with Gasteiger partial charge < -0.3 is 9.88 Å². The molecule has 0 spiro atoms. The smallest absolute Gasteiger partial charge is 0.233 e. The Bertz CT molecular complexity index is 716. The average molecular weight is 361 g/mol. The predicted octanol–water partition coefficient (Wildman–Crippen LogP) is 3.79. The Hall–Kier alpha value is -1.82. The number of benzene rings is 1. The number of nitrogens with zero attached hydrogens (tertiary/aromatic N) is 3. The second kappa shape index (κ2) is 8.04. The fourth-order valence-corrected chi connectivity index (χ4v) is 3.23. The zero-order chi connectivity index (χ0) is 18.6. The number of hydrogen-bond acceptors (Lipinski definition) is 4. The second-order valence-electron chi connectivity index (χ2n) is 7.24. The van der Waals surface area contributed by atoms with Gasteiger partial charge in [0.15, 0.2) is 11.0 Å². The van der Waals surface area contributed by atoms with Crippen molar-refractivity contribution in [1.29, 1.82) is 0 Å². The number of thioether (sulfide) groups is 1. The summed E-state index contributed by atoms with van der Waals surface area (Å²) in [5, 5.41) is 12.0. The molecule has 2 aromatic rings. The van der Waals surface area contributed by atoms with Crippen molar-refractivity contribution < 1.29 is 4.79 Å². The van der Waals surface area contributed by atoms with Gasteiger partial charge in [0, 0.05) is 19.2 Å². The van der Waals surface area contributed by atoms with Gasteiger partial charge in [-0.15, -0.1) is 10.2 Å². The minimum Gasteiger partial charge on any atom is -0.355 e. The van der Waals surface area contributed by atoms with Gasteiger partial charge in [0.25, 0.3) is 0 Å². The maximum atomic E-state index is 12.0. The molecule has 0 saturated carbocycles. The molecule has 6 heteroatoms. The van der Waals surface area contributed by atoms with Gasteiger partial charge in [-0.25, -0.2) is 0 Å². The van der Waals surface area contributed by atoms with Crippen LogP contribution in [0.5, 0.6) is 0 Å². The van der Waals surface area contributed by atoms with E-state index in [0.717, 1.165) is 23.0 Å². The van der Waals surface area contributed by atoms with Crippen LogP contribution in [-0.4, -0.2) is 32.5 Å². The van der Waals surface area contributed by atoms with Crippen LogP contribution in [0.4, 0.5) is 0 Å². The number of amides is 1. The van der Waals surface area contributed by atoms with Crippen LogP contribution in [0.3, 0.4) is 0 Å². The Morgan fingerprint density at radius 3 is 2.44 bits per heavy atom. The predicted molar refractivity (Wildman–Crippen MR) is 104 cm³/mol. The summed E-state index contributed by atoms with van der Waals surface area (Å²) in [6.45, 7) is 11.2. The molecule has 1 N–H and O–H groups in total. The summed E-state index contributed by atoms with van der Waals surface area (Å²) < 4.78 is 1.94. The molecule has 2 rings (SSSR count). The van der Waals surface area contributed by atoms with Gasteiger partial charge in [-0.1, -0.05) is 63.7 Å². The van der Waals surface area contributed by atoms with Crippen molar-refractivity contribution in [2.45, 2.75) is 56.9 Å². The highest BCUT2D eigenvalue weighted by atomic mass is 32.2. The molecule has 0 aliphatic carbocycles. The SMILES string of the molecule is CCCNC(=O)[C@H](C)Sc1nnc(-c2ccc(C(C)(C)C)cc2)n1C. The van der Waals surface area contributed by atoms with Crippen LogP contribution in [-0.2, 0) is 17.3 Å².